The fourth-order valence-corrected chi connectivity index (χ4v) is 0.716. The van der Waals surface area contributed by atoms with Gasteiger partial charge in [0.25, 0.3) is 0 Å². The largest absolute Gasteiger partial charge is 0.378 e. The highest BCUT2D eigenvalue weighted by atomic mass is 16.5. The van der Waals surface area contributed by atoms with Crippen LogP contribution in [0.2, 0.25) is 0 Å². The Balaban J connectivity index is 2.76. The maximum Gasteiger partial charge on any atom is 0.205 e. The minimum absolute atomic E-state index is 0.498. The van der Waals surface area contributed by atoms with E-state index in [1.54, 1.807) is 25.4 Å². The van der Waals surface area contributed by atoms with E-state index in [0.29, 0.717) is 12.3 Å². The van der Waals surface area contributed by atoms with Crippen molar-refractivity contribution in [3.05, 3.63) is 35.4 Å². The van der Waals surface area contributed by atoms with E-state index in [2.05, 4.69) is 9.83 Å². The smallest absolute Gasteiger partial charge is 0.205 e. The molecule has 0 saturated heterocycles. The molecule has 11 heavy (non-hydrogen) atoms. The lowest BCUT2D eigenvalue weighted by atomic mass is 10.3. The first-order valence-corrected chi connectivity index (χ1v) is 3.18. The Kier molecular flexibility index (Phi) is 2.59. The van der Waals surface area contributed by atoms with Crippen LogP contribution in [0.3, 0.4) is 0 Å². The van der Waals surface area contributed by atoms with E-state index in [1.807, 2.05) is 0 Å². The van der Waals surface area contributed by atoms with Crippen molar-refractivity contribution in [3.8, 4) is 0 Å². The zero-order valence-electron chi connectivity index (χ0n) is 6.24. The summed E-state index contributed by atoms with van der Waals surface area (Å²) in [6.45, 7) is 7.17. The topological polar surface area (TPSA) is 26.5 Å². The van der Waals surface area contributed by atoms with Gasteiger partial charge in [-0.1, -0.05) is 6.07 Å². The van der Waals surface area contributed by atoms with E-state index < -0.39 is 0 Å². The van der Waals surface area contributed by atoms with Crippen LogP contribution in [0.1, 0.15) is 5.69 Å². The quantitative estimate of drug-likeness (QED) is 0.597. The highest BCUT2D eigenvalue weighted by molar-refractivity contribution is 5.41. The maximum atomic E-state index is 6.67. The molecule has 1 rings (SSSR count). The predicted molar refractivity (Wildman–Crippen MR) is 41.2 cm³/mol. The molecule has 0 bridgehead atoms. The number of nitrogens with zero attached hydrogens (tertiary/aromatic N) is 2. The molecule has 0 amide bonds. The van der Waals surface area contributed by atoms with Crippen LogP contribution < -0.4 is 0 Å². The molecule has 0 aliphatic carbocycles. The summed E-state index contributed by atoms with van der Waals surface area (Å²) in [7, 11) is 1.62. The van der Waals surface area contributed by atoms with Gasteiger partial charge in [0.2, 0.25) is 5.69 Å². The molecule has 0 aliphatic rings. The summed E-state index contributed by atoms with van der Waals surface area (Å²) in [4.78, 5) is 7.22. The van der Waals surface area contributed by atoms with Gasteiger partial charge in [0.15, 0.2) is 0 Å². The van der Waals surface area contributed by atoms with Gasteiger partial charge >= 0.3 is 0 Å². The first kappa shape index (κ1) is 7.70. The van der Waals surface area contributed by atoms with Gasteiger partial charge in [-0.15, -0.1) is 0 Å². The molecule has 56 valence electrons. The van der Waals surface area contributed by atoms with Crippen LogP contribution in [-0.2, 0) is 11.3 Å². The fraction of sp³-hybridized carbons (Fsp3) is 0.250. The molecule has 0 aromatic carbocycles. The van der Waals surface area contributed by atoms with Crippen molar-refractivity contribution in [1.29, 1.82) is 0 Å². The minimum Gasteiger partial charge on any atom is -0.378 e. The Morgan fingerprint density at radius 3 is 2.91 bits per heavy atom. The Labute approximate surface area is 65.5 Å². The Hall–Kier alpha value is -1.40. The third-order valence-electron chi connectivity index (χ3n) is 1.23. The average Bonchev–Trinajstić information content (AvgIpc) is 2.07. The van der Waals surface area contributed by atoms with E-state index in [-0.39, 0.29) is 0 Å². The molecule has 0 fully saturated rings. The van der Waals surface area contributed by atoms with Crippen LogP contribution in [0.25, 0.3) is 4.85 Å². The predicted octanol–water partition coefficient (Wildman–Crippen LogP) is 1.78. The Morgan fingerprint density at radius 2 is 2.45 bits per heavy atom. The first-order valence-electron chi connectivity index (χ1n) is 3.18. The Bertz CT molecular complexity index is 260. The lowest BCUT2D eigenvalue weighted by molar-refractivity contribution is 0.181. The van der Waals surface area contributed by atoms with Crippen LogP contribution in [0.15, 0.2) is 18.3 Å². The minimum atomic E-state index is 0.498. The molecular formula is C8H8N2O. The van der Waals surface area contributed by atoms with Gasteiger partial charge in [0.1, 0.15) is 0 Å². The molecule has 0 aliphatic heterocycles. The molecule has 0 atom stereocenters. The summed E-state index contributed by atoms with van der Waals surface area (Å²) in [6.07, 6.45) is 1.54. The van der Waals surface area contributed by atoms with Crippen molar-refractivity contribution in [2.24, 2.45) is 0 Å². The summed E-state index contributed by atoms with van der Waals surface area (Å²) in [5.41, 5.74) is 1.41. The maximum absolute atomic E-state index is 6.67. The van der Waals surface area contributed by atoms with E-state index in [9.17, 15) is 0 Å². The van der Waals surface area contributed by atoms with Gasteiger partial charge in [-0.3, -0.25) is 4.98 Å². The molecule has 0 radical (unpaired) electrons. The fourth-order valence-electron chi connectivity index (χ4n) is 0.716. The second kappa shape index (κ2) is 3.69. The third-order valence-corrected chi connectivity index (χ3v) is 1.23. The van der Waals surface area contributed by atoms with Crippen LogP contribution in [0.5, 0.6) is 0 Å². The van der Waals surface area contributed by atoms with E-state index in [4.69, 9.17) is 11.3 Å². The normalized spacial score (nSPS) is 9.09. The molecule has 0 spiro atoms. The second-order valence-electron chi connectivity index (χ2n) is 2.05. The van der Waals surface area contributed by atoms with E-state index in [1.165, 1.54) is 0 Å². The van der Waals surface area contributed by atoms with Crippen molar-refractivity contribution in [3.63, 3.8) is 0 Å². The number of hydrogen-bond donors (Lipinski definition) is 0. The molecule has 3 heteroatoms. The molecule has 0 N–H and O–H groups in total. The summed E-state index contributed by atoms with van der Waals surface area (Å²) in [5.74, 6) is 0. The molecular weight excluding hydrogens is 140 g/mol. The van der Waals surface area contributed by atoms with Crippen molar-refractivity contribution in [2.45, 2.75) is 6.61 Å². The summed E-state index contributed by atoms with van der Waals surface area (Å²) in [6, 6.07) is 3.52. The average molecular weight is 148 g/mol. The Morgan fingerprint density at radius 1 is 1.64 bits per heavy atom. The van der Waals surface area contributed by atoms with E-state index >= 15 is 0 Å². The molecule has 1 aromatic heterocycles. The van der Waals surface area contributed by atoms with Gasteiger partial charge in [-0.2, -0.15) is 0 Å². The van der Waals surface area contributed by atoms with Gasteiger partial charge in [0.05, 0.1) is 18.9 Å². The van der Waals surface area contributed by atoms with Crippen LogP contribution in [0, 0.1) is 6.57 Å². The standard InChI is InChI=1S/C8H8N2O/c1-9-7-3-4-8(6-11-2)10-5-7/h3-5H,6H2,2H3. The molecule has 1 aromatic rings. The number of aromatic nitrogens is 1. The molecule has 3 nitrogen and oxygen atoms in total. The van der Waals surface area contributed by atoms with Crippen molar-refractivity contribution in [2.75, 3.05) is 7.11 Å². The lowest BCUT2D eigenvalue weighted by Gasteiger charge is -1.96. The number of methoxy groups -OCH3 is 1. The van der Waals surface area contributed by atoms with Gasteiger partial charge < -0.3 is 4.74 Å². The monoisotopic (exact) mass is 148 g/mol. The molecule has 0 unspecified atom stereocenters. The van der Waals surface area contributed by atoms with Crippen LogP contribution in [0.4, 0.5) is 5.69 Å². The number of pyridine rings is 1. The zero-order chi connectivity index (χ0) is 8.10. The van der Waals surface area contributed by atoms with Crippen LogP contribution in [-0.4, -0.2) is 12.1 Å². The lowest BCUT2D eigenvalue weighted by Crippen LogP contribution is -1.89. The second-order valence-corrected chi connectivity index (χ2v) is 2.05. The summed E-state index contributed by atoms with van der Waals surface area (Å²) >= 11 is 0. The van der Waals surface area contributed by atoms with Crippen LogP contribution >= 0.6 is 0 Å². The van der Waals surface area contributed by atoms with Crippen molar-refractivity contribution in [1.82, 2.24) is 4.98 Å². The van der Waals surface area contributed by atoms with Gasteiger partial charge in [0, 0.05) is 13.3 Å². The number of ether oxygens (including phenoxy) is 1. The van der Waals surface area contributed by atoms with Crippen molar-refractivity contribution < 1.29 is 4.74 Å². The van der Waals surface area contributed by atoms with E-state index in [0.717, 1.165) is 5.69 Å². The molecule has 1 heterocycles. The van der Waals surface area contributed by atoms with Crippen molar-refractivity contribution >= 4 is 5.69 Å². The zero-order valence-corrected chi connectivity index (χ0v) is 6.24. The third kappa shape index (κ3) is 2.03. The summed E-state index contributed by atoms with van der Waals surface area (Å²) in [5, 5.41) is 0. The van der Waals surface area contributed by atoms with Gasteiger partial charge in [-0.25, -0.2) is 4.85 Å². The van der Waals surface area contributed by atoms with Gasteiger partial charge in [-0.05, 0) is 6.07 Å². The number of rotatable bonds is 2. The number of hydrogen-bond acceptors (Lipinski definition) is 2. The first-order chi connectivity index (χ1) is 5.36. The summed E-state index contributed by atoms with van der Waals surface area (Å²) < 4.78 is 4.86. The molecule has 0 saturated carbocycles. The highest BCUT2D eigenvalue weighted by Gasteiger charge is 1.92. The highest BCUT2D eigenvalue weighted by Crippen LogP contribution is 2.09. The SMILES string of the molecule is [C-]#[N+]c1ccc(COC)nc1.